The van der Waals surface area contributed by atoms with Gasteiger partial charge in [-0.05, 0) is 68.9 Å². The first kappa shape index (κ1) is 25.0. The summed E-state index contributed by atoms with van der Waals surface area (Å²) in [5.74, 6) is 0.246. The van der Waals surface area contributed by atoms with Crippen LogP contribution in [0.3, 0.4) is 0 Å². The van der Waals surface area contributed by atoms with E-state index in [2.05, 4.69) is 20.6 Å². The number of imidazole rings is 1. The van der Waals surface area contributed by atoms with Gasteiger partial charge in [-0.3, -0.25) is 18.9 Å². The van der Waals surface area contributed by atoms with Crippen LogP contribution in [0.4, 0.5) is 10.2 Å². The third-order valence-corrected chi connectivity index (χ3v) is 7.29. The van der Waals surface area contributed by atoms with Crippen LogP contribution in [0.2, 0.25) is 5.02 Å². The fraction of sp³-hybridized carbons (Fsp3) is 0.333. The van der Waals surface area contributed by atoms with Crippen LogP contribution >= 0.6 is 11.6 Å². The van der Waals surface area contributed by atoms with Gasteiger partial charge in [-0.1, -0.05) is 17.7 Å². The third kappa shape index (κ3) is 4.96. The van der Waals surface area contributed by atoms with E-state index < -0.39 is 5.82 Å². The zero-order valence-corrected chi connectivity index (χ0v) is 21.4. The van der Waals surface area contributed by atoms with Crippen molar-refractivity contribution < 1.29 is 9.18 Å². The highest BCUT2D eigenvalue weighted by molar-refractivity contribution is 6.30. The van der Waals surface area contributed by atoms with Crippen molar-refractivity contribution in [2.75, 3.05) is 12.4 Å². The Balaban J connectivity index is 1.33. The number of para-hydroxylation sites is 1. The van der Waals surface area contributed by atoms with Crippen molar-refractivity contribution in [1.82, 2.24) is 24.4 Å². The summed E-state index contributed by atoms with van der Waals surface area (Å²) in [6, 6.07) is 9.96. The molecule has 1 aromatic carbocycles. The Hall–Kier alpha value is -3.72. The van der Waals surface area contributed by atoms with Gasteiger partial charge in [0.25, 0.3) is 5.91 Å². The van der Waals surface area contributed by atoms with Crippen molar-refractivity contribution in [2.24, 2.45) is 5.92 Å². The predicted octanol–water partition coefficient (Wildman–Crippen LogP) is 4.71. The first-order valence-electron chi connectivity index (χ1n) is 12.3. The standard InChI is InChI=1S/C27H28ClFN6O2/c1-16-21(12-18(28)13-31-16)26(36)33-19-8-6-17(7-9-19)15-34-25-22(29)4-3-5-23(25)35(27(34)37)20-10-11-24(30-2)32-14-20/h3-5,10-14,17,19H,6-9,15H2,1-2H3,(H,30,32)(H,33,36)/t17-,19-. The topological polar surface area (TPSA) is 93.8 Å². The molecule has 8 nitrogen and oxygen atoms in total. The second kappa shape index (κ2) is 10.3. The third-order valence-electron chi connectivity index (χ3n) is 7.08. The summed E-state index contributed by atoms with van der Waals surface area (Å²) < 4.78 is 18.1. The molecule has 192 valence electrons. The van der Waals surface area contributed by atoms with Crippen LogP contribution in [0.15, 0.2) is 53.6 Å². The number of anilines is 1. The van der Waals surface area contributed by atoms with Crippen molar-refractivity contribution in [3.05, 3.63) is 81.4 Å². The van der Waals surface area contributed by atoms with Crippen LogP contribution in [0.25, 0.3) is 16.7 Å². The maximum Gasteiger partial charge on any atom is 0.333 e. The summed E-state index contributed by atoms with van der Waals surface area (Å²) in [6.07, 6.45) is 6.29. The zero-order chi connectivity index (χ0) is 26.1. The van der Waals surface area contributed by atoms with E-state index >= 15 is 0 Å². The number of carbonyl (C=O) groups is 1. The molecule has 0 saturated heterocycles. The van der Waals surface area contributed by atoms with Crippen molar-refractivity contribution in [1.29, 1.82) is 0 Å². The average Bonchev–Trinajstić information content (AvgIpc) is 3.18. The molecule has 2 N–H and O–H groups in total. The number of nitrogens with zero attached hydrogens (tertiary/aromatic N) is 4. The summed E-state index contributed by atoms with van der Waals surface area (Å²) in [4.78, 5) is 34.8. The second-order valence-electron chi connectivity index (χ2n) is 9.47. The molecule has 5 rings (SSSR count). The molecular formula is C27H28ClFN6O2. The van der Waals surface area contributed by atoms with Gasteiger partial charge in [-0.15, -0.1) is 0 Å². The van der Waals surface area contributed by atoms with Crippen molar-refractivity contribution in [2.45, 2.75) is 45.2 Å². The molecule has 4 aromatic rings. The number of fused-ring (bicyclic) bond motifs is 1. The molecule has 0 unspecified atom stereocenters. The molecule has 1 aliphatic rings. The molecular weight excluding hydrogens is 495 g/mol. The van der Waals surface area contributed by atoms with Crippen LogP contribution in [0.1, 0.15) is 41.7 Å². The van der Waals surface area contributed by atoms with Crippen LogP contribution < -0.4 is 16.3 Å². The number of halogens is 2. The van der Waals surface area contributed by atoms with Gasteiger partial charge in [0.05, 0.1) is 33.7 Å². The summed E-state index contributed by atoms with van der Waals surface area (Å²) in [5, 5.41) is 6.47. The number of hydrogen-bond donors (Lipinski definition) is 2. The number of rotatable bonds is 6. The minimum atomic E-state index is -0.431. The monoisotopic (exact) mass is 522 g/mol. The molecule has 0 atom stereocenters. The number of nitrogens with one attached hydrogen (secondary N) is 2. The van der Waals surface area contributed by atoms with Crippen molar-refractivity contribution >= 4 is 34.4 Å². The lowest BCUT2D eigenvalue weighted by molar-refractivity contribution is 0.0919. The minimum absolute atomic E-state index is 0.0219. The van der Waals surface area contributed by atoms with E-state index in [0.29, 0.717) is 45.4 Å². The van der Waals surface area contributed by atoms with Gasteiger partial charge >= 0.3 is 5.69 Å². The van der Waals surface area contributed by atoms with E-state index in [1.54, 1.807) is 55.1 Å². The van der Waals surface area contributed by atoms with Gasteiger partial charge in [0.2, 0.25) is 0 Å². The largest absolute Gasteiger partial charge is 0.373 e. The number of hydrogen-bond acceptors (Lipinski definition) is 5. The zero-order valence-electron chi connectivity index (χ0n) is 20.7. The number of carbonyl (C=O) groups excluding carboxylic acids is 1. The molecule has 10 heteroatoms. The Labute approximate surface area is 218 Å². The highest BCUT2D eigenvalue weighted by Gasteiger charge is 2.26. The lowest BCUT2D eigenvalue weighted by atomic mass is 9.85. The molecule has 0 radical (unpaired) electrons. The average molecular weight is 523 g/mol. The Morgan fingerprint density at radius 1 is 1.14 bits per heavy atom. The Kier molecular flexibility index (Phi) is 6.97. The SMILES string of the molecule is CNc1ccc(-n2c(=O)n(C[C@H]3CC[C@H](NC(=O)c4cc(Cl)cnc4C)CC3)c3c(F)cccc32)cn1. The van der Waals surface area contributed by atoms with Crippen LogP contribution in [-0.2, 0) is 6.54 Å². The maximum atomic E-state index is 15.0. The van der Waals surface area contributed by atoms with E-state index in [9.17, 15) is 14.0 Å². The van der Waals surface area contributed by atoms with Gasteiger partial charge in [0.15, 0.2) is 0 Å². The van der Waals surface area contributed by atoms with E-state index in [0.717, 1.165) is 25.7 Å². The fourth-order valence-corrected chi connectivity index (χ4v) is 5.26. The van der Waals surface area contributed by atoms with Gasteiger partial charge in [0, 0.05) is 25.8 Å². The number of aryl methyl sites for hydroxylation is 1. The van der Waals surface area contributed by atoms with Crippen LogP contribution in [0.5, 0.6) is 0 Å². The Bertz CT molecular complexity index is 1510. The smallest absolute Gasteiger partial charge is 0.333 e. The molecule has 1 aliphatic carbocycles. The summed E-state index contributed by atoms with van der Waals surface area (Å²) in [5.41, 5.74) is 2.19. The first-order valence-corrected chi connectivity index (χ1v) is 12.7. The number of amides is 1. The predicted molar refractivity (Wildman–Crippen MR) is 142 cm³/mol. The molecule has 1 saturated carbocycles. The Morgan fingerprint density at radius 3 is 2.62 bits per heavy atom. The fourth-order valence-electron chi connectivity index (χ4n) is 5.10. The highest BCUT2D eigenvalue weighted by Crippen LogP contribution is 2.28. The number of benzene rings is 1. The van der Waals surface area contributed by atoms with Gasteiger partial charge < -0.3 is 10.6 Å². The van der Waals surface area contributed by atoms with Crippen LogP contribution in [-0.4, -0.2) is 38.1 Å². The van der Waals surface area contributed by atoms with Gasteiger partial charge in [-0.25, -0.2) is 14.2 Å². The molecule has 1 fully saturated rings. The summed E-state index contributed by atoms with van der Waals surface area (Å²) in [7, 11) is 1.77. The van der Waals surface area contributed by atoms with E-state index in [4.69, 9.17) is 11.6 Å². The molecule has 3 aromatic heterocycles. The molecule has 1 amide bonds. The molecule has 3 heterocycles. The lowest BCUT2D eigenvalue weighted by Crippen LogP contribution is -2.39. The highest BCUT2D eigenvalue weighted by atomic mass is 35.5. The Morgan fingerprint density at radius 2 is 1.92 bits per heavy atom. The van der Waals surface area contributed by atoms with Gasteiger partial charge in [0.1, 0.15) is 17.2 Å². The molecule has 37 heavy (non-hydrogen) atoms. The summed E-state index contributed by atoms with van der Waals surface area (Å²) >= 11 is 6.01. The van der Waals surface area contributed by atoms with Crippen LogP contribution in [0, 0.1) is 18.7 Å². The lowest BCUT2D eigenvalue weighted by Gasteiger charge is -2.29. The summed E-state index contributed by atoms with van der Waals surface area (Å²) in [6.45, 7) is 2.18. The van der Waals surface area contributed by atoms with Crippen molar-refractivity contribution in [3.8, 4) is 5.69 Å². The van der Waals surface area contributed by atoms with E-state index in [-0.39, 0.29) is 23.6 Å². The normalized spacial score (nSPS) is 17.6. The molecule has 0 bridgehead atoms. The first-order chi connectivity index (χ1) is 17.9. The molecule has 0 spiro atoms. The maximum absolute atomic E-state index is 15.0. The second-order valence-corrected chi connectivity index (χ2v) is 9.90. The number of pyridine rings is 2. The molecule has 0 aliphatic heterocycles. The van der Waals surface area contributed by atoms with E-state index in [1.807, 2.05) is 0 Å². The van der Waals surface area contributed by atoms with Crippen molar-refractivity contribution in [3.63, 3.8) is 0 Å². The number of aromatic nitrogens is 4. The quantitative estimate of drug-likeness (QED) is 0.382. The van der Waals surface area contributed by atoms with E-state index in [1.165, 1.54) is 16.8 Å². The minimum Gasteiger partial charge on any atom is -0.373 e. The van der Waals surface area contributed by atoms with Gasteiger partial charge in [-0.2, -0.15) is 0 Å².